The van der Waals surface area contributed by atoms with E-state index in [4.69, 9.17) is 4.74 Å². The second-order valence-corrected chi connectivity index (χ2v) is 6.38. The molecule has 0 fully saturated rings. The van der Waals surface area contributed by atoms with Crippen LogP contribution in [0.1, 0.15) is 27.0 Å². The molecule has 0 atom stereocenters. The number of thioether (sulfide) groups is 1. The maximum absolute atomic E-state index is 12.4. The molecule has 0 saturated carbocycles. The number of nitrogens with one attached hydrogen (secondary N) is 1. The van der Waals surface area contributed by atoms with Crippen LogP contribution < -0.4 is 10.1 Å². The van der Waals surface area contributed by atoms with Crippen molar-refractivity contribution in [2.24, 2.45) is 0 Å². The summed E-state index contributed by atoms with van der Waals surface area (Å²) in [5.74, 6) is 0.843. The number of benzene rings is 2. The minimum absolute atomic E-state index is 0.0231. The SMILES string of the molecule is COc1ccc(C)cc1CCNC(=O)c1cc(SC)ccc1C. The van der Waals surface area contributed by atoms with Gasteiger partial charge in [0.05, 0.1) is 7.11 Å². The van der Waals surface area contributed by atoms with Gasteiger partial charge in [-0.2, -0.15) is 0 Å². The molecular weight excluding hydrogens is 306 g/mol. The van der Waals surface area contributed by atoms with E-state index >= 15 is 0 Å². The summed E-state index contributed by atoms with van der Waals surface area (Å²) in [6.45, 7) is 4.60. The zero-order valence-corrected chi connectivity index (χ0v) is 14.9. The van der Waals surface area contributed by atoms with Crippen molar-refractivity contribution in [2.45, 2.75) is 25.2 Å². The summed E-state index contributed by atoms with van der Waals surface area (Å²) >= 11 is 1.64. The van der Waals surface area contributed by atoms with Gasteiger partial charge in [0.2, 0.25) is 0 Å². The second-order valence-electron chi connectivity index (χ2n) is 5.50. The fraction of sp³-hybridized carbons (Fsp3) is 0.316. The fourth-order valence-electron chi connectivity index (χ4n) is 2.48. The van der Waals surface area contributed by atoms with Crippen LogP contribution in [0.25, 0.3) is 0 Å². The van der Waals surface area contributed by atoms with E-state index < -0.39 is 0 Å². The first-order chi connectivity index (χ1) is 11.0. The molecule has 2 aromatic carbocycles. The van der Waals surface area contributed by atoms with Gasteiger partial charge in [0.25, 0.3) is 5.91 Å². The Labute approximate surface area is 142 Å². The normalized spacial score (nSPS) is 10.4. The van der Waals surface area contributed by atoms with Gasteiger partial charge < -0.3 is 10.1 Å². The maximum atomic E-state index is 12.4. The van der Waals surface area contributed by atoms with Crippen molar-refractivity contribution < 1.29 is 9.53 Å². The molecule has 0 saturated heterocycles. The van der Waals surface area contributed by atoms with Crippen LogP contribution in [0.2, 0.25) is 0 Å². The van der Waals surface area contributed by atoms with E-state index in [0.29, 0.717) is 6.54 Å². The molecular formula is C19H23NO2S. The van der Waals surface area contributed by atoms with E-state index in [1.54, 1.807) is 18.9 Å². The topological polar surface area (TPSA) is 38.3 Å². The largest absolute Gasteiger partial charge is 0.496 e. The monoisotopic (exact) mass is 329 g/mol. The third-order valence-electron chi connectivity index (χ3n) is 3.81. The Morgan fingerprint density at radius 2 is 1.96 bits per heavy atom. The van der Waals surface area contributed by atoms with E-state index in [-0.39, 0.29) is 5.91 Å². The number of amides is 1. The number of rotatable bonds is 6. The fourth-order valence-corrected chi connectivity index (χ4v) is 2.92. The summed E-state index contributed by atoms with van der Waals surface area (Å²) in [5, 5.41) is 3.01. The van der Waals surface area contributed by atoms with Crippen LogP contribution in [0.3, 0.4) is 0 Å². The maximum Gasteiger partial charge on any atom is 0.251 e. The van der Waals surface area contributed by atoms with Crippen LogP contribution in [0, 0.1) is 13.8 Å². The molecule has 0 aliphatic heterocycles. The van der Waals surface area contributed by atoms with Gasteiger partial charge in [-0.3, -0.25) is 4.79 Å². The highest BCUT2D eigenvalue weighted by Gasteiger charge is 2.10. The Bertz CT molecular complexity index is 698. The van der Waals surface area contributed by atoms with Gasteiger partial charge in [0.15, 0.2) is 0 Å². The average molecular weight is 329 g/mol. The number of carbonyl (C=O) groups excluding carboxylic acids is 1. The quantitative estimate of drug-likeness (QED) is 0.814. The molecule has 0 heterocycles. The lowest BCUT2D eigenvalue weighted by Crippen LogP contribution is -2.26. The third kappa shape index (κ3) is 4.52. The van der Waals surface area contributed by atoms with Crippen molar-refractivity contribution in [2.75, 3.05) is 19.9 Å². The predicted octanol–water partition coefficient (Wildman–Crippen LogP) is 4.01. The molecule has 0 spiro atoms. The van der Waals surface area contributed by atoms with Crippen molar-refractivity contribution in [3.8, 4) is 5.75 Å². The van der Waals surface area contributed by atoms with Gasteiger partial charge in [-0.15, -0.1) is 11.8 Å². The number of methoxy groups -OCH3 is 1. The van der Waals surface area contributed by atoms with E-state index in [2.05, 4.69) is 18.3 Å². The van der Waals surface area contributed by atoms with E-state index in [1.165, 1.54) is 5.56 Å². The summed E-state index contributed by atoms with van der Waals surface area (Å²) in [7, 11) is 1.67. The molecule has 122 valence electrons. The van der Waals surface area contributed by atoms with Crippen LogP contribution in [-0.2, 0) is 6.42 Å². The molecule has 2 aromatic rings. The predicted molar refractivity (Wildman–Crippen MR) is 96.7 cm³/mol. The molecule has 4 heteroatoms. The first-order valence-electron chi connectivity index (χ1n) is 7.61. The van der Waals surface area contributed by atoms with E-state index in [1.807, 2.05) is 43.5 Å². The molecule has 3 nitrogen and oxygen atoms in total. The summed E-state index contributed by atoms with van der Waals surface area (Å²) < 4.78 is 5.38. The Morgan fingerprint density at radius 3 is 2.65 bits per heavy atom. The number of hydrogen-bond acceptors (Lipinski definition) is 3. The van der Waals surface area contributed by atoms with E-state index in [0.717, 1.165) is 33.8 Å². The second kappa shape index (κ2) is 8.06. The Morgan fingerprint density at radius 1 is 1.17 bits per heavy atom. The van der Waals surface area contributed by atoms with Crippen molar-refractivity contribution in [3.63, 3.8) is 0 Å². The first-order valence-corrected chi connectivity index (χ1v) is 8.84. The molecule has 0 unspecified atom stereocenters. The lowest BCUT2D eigenvalue weighted by atomic mass is 10.1. The molecule has 0 aromatic heterocycles. The van der Waals surface area contributed by atoms with Gasteiger partial charge in [0, 0.05) is 17.0 Å². The molecule has 0 radical (unpaired) electrons. The standard InChI is InChI=1S/C19H23NO2S/c1-13-5-8-18(22-3)15(11-13)9-10-20-19(21)17-12-16(23-4)7-6-14(17)2/h5-8,11-12H,9-10H2,1-4H3,(H,20,21). The zero-order chi connectivity index (χ0) is 16.8. The molecule has 1 amide bonds. The molecule has 23 heavy (non-hydrogen) atoms. The number of hydrogen-bond donors (Lipinski definition) is 1. The summed E-state index contributed by atoms with van der Waals surface area (Å²) in [6, 6.07) is 12.1. The Hall–Kier alpha value is -1.94. The van der Waals surface area contributed by atoms with Gasteiger partial charge in [-0.05, 0) is 55.9 Å². The highest BCUT2D eigenvalue weighted by molar-refractivity contribution is 7.98. The average Bonchev–Trinajstić information content (AvgIpc) is 2.55. The van der Waals surface area contributed by atoms with Gasteiger partial charge in [-0.1, -0.05) is 23.8 Å². The van der Waals surface area contributed by atoms with Crippen LogP contribution in [0.5, 0.6) is 5.75 Å². The highest BCUT2D eigenvalue weighted by atomic mass is 32.2. The van der Waals surface area contributed by atoms with Crippen molar-refractivity contribution >= 4 is 17.7 Å². The van der Waals surface area contributed by atoms with Crippen molar-refractivity contribution in [3.05, 3.63) is 58.7 Å². The lowest BCUT2D eigenvalue weighted by molar-refractivity contribution is 0.0953. The molecule has 2 rings (SSSR count). The minimum atomic E-state index is -0.0231. The van der Waals surface area contributed by atoms with Crippen LogP contribution >= 0.6 is 11.8 Å². The van der Waals surface area contributed by atoms with Crippen LogP contribution in [0.4, 0.5) is 0 Å². The summed E-state index contributed by atoms with van der Waals surface area (Å²) in [4.78, 5) is 13.5. The molecule has 0 aliphatic carbocycles. The van der Waals surface area contributed by atoms with Crippen molar-refractivity contribution in [1.82, 2.24) is 5.32 Å². The highest BCUT2D eigenvalue weighted by Crippen LogP contribution is 2.21. The number of aryl methyl sites for hydroxylation is 2. The van der Waals surface area contributed by atoms with Gasteiger partial charge in [-0.25, -0.2) is 0 Å². The molecule has 0 bridgehead atoms. The van der Waals surface area contributed by atoms with E-state index in [9.17, 15) is 4.79 Å². The Balaban J connectivity index is 2.01. The Kier molecular flexibility index (Phi) is 6.11. The number of ether oxygens (including phenoxy) is 1. The zero-order valence-electron chi connectivity index (χ0n) is 14.1. The van der Waals surface area contributed by atoms with Gasteiger partial charge in [0.1, 0.15) is 5.75 Å². The van der Waals surface area contributed by atoms with Crippen LogP contribution in [0.15, 0.2) is 41.3 Å². The number of carbonyl (C=O) groups is 1. The molecule has 0 aliphatic rings. The summed E-state index contributed by atoms with van der Waals surface area (Å²) in [6.07, 6.45) is 2.76. The van der Waals surface area contributed by atoms with Gasteiger partial charge >= 0.3 is 0 Å². The third-order valence-corrected chi connectivity index (χ3v) is 4.53. The minimum Gasteiger partial charge on any atom is -0.496 e. The lowest BCUT2D eigenvalue weighted by Gasteiger charge is -2.11. The smallest absolute Gasteiger partial charge is 0.251 e. The first kappa shape index (κ1) is 17.4. The summed E-state index contributed by atoms with van der Waals surface area (Å²) in [5.41, 5.74) is 4.04. The molecule has 1 N–H and O–H groups in total. The van der Waals surface area contributed by atoms with Crippen LogP contribution in [-0.4, -0.2) is 25.8 Å². The van der Waals surface area contributed by atoms with Crippen molar-refractivity contribution in [1.29, 1.82) is 0 Å².